The van der Waals surface area contributed by atoms with Crippen molar-refractivity contribution in [1.29, 1.82) is 0 Å². The van der Waals surface area contributed by atoms with Crippen LogP contribution in [0.5, 0.6) is 0 Å². The van der Waals surface area contributed by atoms with E-state index in [0.29, 0.717) is 6.61 Å². The molecule has 0 saturated carbocycles. The van der Waals surface area contributed by atoms with Crippen LogP contribution in [-0.2, 0) is 20.4 Å². The van der Waals surface area contributed by atoms with Gasteiger partial charge in [0.25, 0.3) is 8.32 Å². The highest BCUT2D eigenvalue weighted by Crippen LogP contribution is 2.36. The molecule has 0 fully saturated rings. The van der Waals surface area contributed by atoms with Crippen molar-refractivity contribution in [1.82, 2.24) is 0 Å². The molecule has 0 aliphatic carbocycles. The maximum absolute atomic E-state index is 11.7. The number of hydrogen-bond acceptors (Lipinski definition) is 3. The van der Waals surface area contributed by atoms with E-state index in [1.807, 2.05) is 19.1 Å². The number of benzene rings is 3. The molecule has 0 aliphatic heterocycles. The Balaban J connectivity index is 1.64. The molecule has 0 radical (unpaired) electrons. The second kappa shape index (κ2) is 13.4. The highest BCUT2D eigenvalue weighted by molar-refractivity contribution is 6.99. The van der Waals surface area contributed by atoms with Crippen molar-refractivity contribution in [2.45, 2.75) is 58.4 Å². The van der Waals surface area contributed by atoms with Crippen molar-refractivity contribution >= 4 is 30.7 Å². The monoisotopic (exact) mass is 500 g/mol. The molecular formula is C32H40O3Si. The van der Waals surface area contributed by atoms with Gasteiger partial charge in [0.1, 0.15) is 0 Å². The van der Waals surface area contributed by atoms with E-state index in [4.69, 9.17) is 9.16 Å². The average molecular weight is 501 g/mol. The van der Waals surface area contributed by atoms with Crippen LogP contribution in [0, 0.1) is 0 Å². The van der Waals surface area contributed by atoms with E-state index in [1.165, 1.54) is 22.0 Å². The standard InChI is InChI=1S/C32H40O3Si/c1-5-34-31(33)25-24-28-19-15-14-18-27(28)17-9-8-16-26-35-36(32(2,3)4,29-20-10-6-11-21-29)30-22-12-7-13-23-30/h6-7,10-15,18-25H,5,8-9,16-17,26H2,1-4H3/b25-24+. The fraction of sp³-hybridized carbons (Fsp3) is 0.344. The molecule has 0 spiro atoms. The van der Waals surface area contributed by atoms with Gasteiger partial charge in [-0.25, -0.2) is 4.79 Å². The first kappa shape index (κ1) is 27.6. The minimum atomic E-state index is -2.46. The summed E-state index contributed by atoms with van der Waals surface area (Å²) in [6.45, 7) is 9.91. The van der Waals surface area contributed by atoms with E-state index in [9.17, 15) is 4.79 Å². The minimum absolute atomic E-state index is 0.0000931. The summed E-state index contributed by atoms with van der Waals surface area (Å²) in [7, 11) is -2.46. The van der Waals surface area contributed by atoms with E-state index in [-0.39, 0.29) is 11.0 Å². The number of rotatable bonds is 12. The van der Waals surface area contributed by atoms with Crippen LogP contribution in [0.25, 0.3) is 6.08 Å². The fourth-order valence-electron chi connectivity index (χ4n) is 4.85. The normalized spacial score (nSPS) is 12.1. The molecule has 0 bridgehead atoms. The van der Waals surface area contributed by atoms with E-state index in [1.54, 1.807) is 0 Å². The van der Waals surface area contributed by atoms with Gasteiger partial charge in [-0.2, -0.15) is 0 Å². The van der Waals surface area contributed by atoms with Gasteiger partial charge in [-0.1, -0.05) is 112 Å². The zero-order valence-electron chi connectivity index (χ0n) is 22.2. The van der Waals surface area contributed by atoms with Crippen LogP contribution < -0.4 is 10.4 Å². The topological polar surface area (TPSA) is 35.5 Å². The van der Waals surface area contributed by atoms with E-state index >= 15 is 0 Å². The van der Waals surface area contributed by atoms with Gasteiger partial charge in [-0.15, -0.1) is 0 Å². The summed E-state index contributed by atoms with van der Waals surface area (Å²) in [5.41, 5.74) is 2.33. The van der Waals surface area contributed by atoms with Crippen LogP contribution in [0.3, 0.4) is 0 Å². The Labute approximate surface area is 218 Å². The van der Waals surface area contributed by atoms with Crippen molar-refractivity contribution in [2.75, 3.05) is 13.2 Å². The Morgan fingerprint density at radius 2 is 1.39 bits per heavy atom. The Morgan fingerprint density at radius 1 is 0.806 bits per heavy atom. The quantitative estimate of drug-likeness (QED) is 0.122. The highest BCUT2D eigenvalue weighted by Gasteiger charge is 2.49. The zero-order valence-corrected chi connectivity index (χ0v) is 23.2. The third-order valence-electron chi connectivity index (χ3n) is 6.57. The van der Waals surface area contributed by atoms with Crippen molar-refractivity contribution < 1.29 is 14.0 Å². The fourth-order valence-corrected chi connectivity index (χ4v) is 9.46. The van der Waals surface area contributed by atoms with Gasteiger partial charge in [-0.05, 0) is 58.8 Å². The predicted molar refractivity (Wildman–Crippen MR) is 153 cm³/mol. The van der Waals surface area contributed by atoms with Gasteiger partial charge >= 0.3 is 5.97 Å². The van der Waals surface area contributed by atoms with Crippen LogP contribution in [0.2, 0.25) is 5.04 Å². The predicted octanol–water partition coefficient (Wildman–Crippen LogP) is 6.55. The molecule has 0 aliphatic rings. The van der Waals surface area contributed by atoms with Crippen LogP contribution in [0.15, 0.2) is 91.0 Å². The average Bonchev–Trinajstić information content (AvgIpc) is 2.88. The molecule has 36 heavy (non-hydrogen) atoms. The van der Waals surface area contributed by atoms with Crippen LogP contribution in [0.1, 0.15) is 58.1 Å². The Hall–Kier alpha value is -2.95. The number of ether oxygens (including phenoxy) is 1. The molecule has 3 aromatic carbocycles. The summed E-state index contributed by atoms with van der Waals surface area (Å²) in [4.78, 5) is 11.7. The lowest BCUT2D eigenvalue weighted by Crippen LogP contribution is -2.66. The maximum Gasteiger partial charge on any atom is 0.330 e. The SMILES string of the molecule is CCOC(=O)/C=C/c1ccccc1CCCCCO[Si](c1ccccc1)(c1ccccc1)C(C)(C)C. The molecular weight excluding hydrogens is 460 g/mol. The summed E-state index contributed by atoms with van der Waals surface area (Å²) in [5.74, 6) is -0.298. The van der Waals surface area contributed by atoms with Crippen LogP contribution in [-0.4, -0.2) is 27.5 Å². The molecule has 190 valence electrons. The summed E-state index contributed by atoms with van der Waals surface area (Å²) in [6, 6.07) is 29.9. The highest BCUT2D eigenvalue weighted by atomic mass is 28.4. The van der Waals surface area contributed by atoms with Gasteiger partial charge in [0.05, 0.1) is 6.61 Å². The first-order valence-corrected chi connectivity index (χ1v) is 15.0. The Bertz CT molecular complexity index is 1060. The molecule has 0 atom stereocenters. The van der Waals surface area contributed by atoms with Crippen molar-refractivity contribution in [3.63, 3.8) is 0 Å². The molecule has 3 nitrogen and oxygen atoms in total. The second-order valence-electron chi connectivity index (χ2n) is 10.1. The van der Waals surface area contributed by atoms with Crippen molar-refractivity contribution in [3.05, 3.63) is 102 Å². The molecule has 4 heteroatoms. The first-order chi connectivity index (χ1) is 17.4. The molecule has 3 aromatic rings. The maximum atomic E-state index is 11.7. The van der Waals surface area contributed by atoms with Gasteiger partial charge < -0.3 is 9.16 Å². The van der Waals surface area contributed by atoms with Gasteiger partial charge in [0.2, 0.25) is 0 Å². The van der Waals surface area contributed by atoms with E-state index in [0.717, 1.165) is 37.9 Å². The number of carbonyl (C=O) groups is 1. The Morgan fingerprint density at radius 3 is 1.97 bits per heavy atom. The van der Waals surface area contributed by atoms with Gasteiger partial charge in [-0.3, -0.25) is 0 Å². The van der Waals surface area contributed by atoms with Crippen molar-refractivity contribution in [3.8, 4) is 0 Å². The molecule has 0 heterocycles. The molecule has 0 unspecified atom stereocenters. The van der Waals surface area contributed by atoms with Crippen molar-refractivity contribution in [2.24, 2.45) is 0 Å². The van der Waals surface area contributed by atoms with Crippen LogP contribution in [0.4, 0.5) is 0 Å². The smallest absolute Gasteiger partial charge is 0.330 e. The zero-order chi connectivity index (χ0) is 25.9. The molecule has 0 amide bonds. The lowest BCUT2D eigenvalue weighted by atomic mass is 10.0. The third kappa shape index (κ3) is 7.05. The summed E-state index contributed by atoms with van der Waals surface area (Å²) < 4.78 is 12.0. The van der Waals surface area contributed by atoms with E-state index < -0.39 is 8.32 Å². The Kier molecular flexibility index (Phi) is 10.3. The second-order valence-corrected chi connectivity index (χ2v) is 14.4. The number of carbonyl (C=O) groups excluding carboxylic acids is 1. The van der Waals surface area contributed by atoms with Gasteiger partial charge in [0.15, 0.2) is 0 Å². The molecule has 0 aromatic heterocycles. The third-order valence-corrected chi connectivity index (χ3v) is 11.6. The first-order valence-electron chi connectivity index (χ1n) is 13.1. The summed E-state index contributed by atoms with van der Waals surface area (Å²) in [6.07, 6.45) is 7.54. The molecule has 0 N–H and O–H groups in total. The lowest BCUT2D eigenvalue weighted by Gasteiger charge is -2.43. The largest absolute Gasteiger partial charge is 0.463 e. The molecule has 0 saturated heterocycles. The molecule has 3 rings (SSSR count). The number of esters is 1. The summed E-state index contributed by atoms with van der Waals surface area (Å²) >= 11 is 0. The van der Waals surface area contributed by atoms with Crippen LogP contribution >= 0.6 is 0 Å². The van der Waals surface area contributed by atoms with E-state index in [2.05, 4.69) is 99.6 Å². The number of unbranched alkanes of at least 4 members (excludes halogenated alkanes) is 2. The van der Waals surface area contributed by atoms with Gasteiger partial charge in [0, 0.05) is 12.7 Å². The number of hydrogen-bond donors (Lipinski definition) is 0. The lowest BCUT2D eigenvalue weighted by molar-refractivity contribution is -0.137. The summed E-state index contributed by atoms with van der Waals surface area (Å²) in [5, 5.41) is 2.65. The number of aryl methyl sites for hydroxylation is 1. The minimum Gasteiger partial charge on any atom is -0.463 e.